The van der Waals surface area contributed by atoms with Gasteiger partial charge < -0.3 is 21.1 Å². The molecule has 116 valence electrons. The van der Waals surface area contributed by atoms with Gasteiger partial charge in [-0.25, -0.2) is 4.79 Å². The van der Waals surface area contributed by atoms with Crippen molar-refractivity contribution in [2.45, 2.75) is 40.2 Å². The monoisotopic (exact) mass is 293 g/mol. The largest absolute Gasteiger partial charge is 0.444 e. The van der Waals surface area contributed by atoms with E-state index < -0.39 is 11.7 Å². The van der Waals surface area contributed by atoms with Crippen molar-refractivity contribution in [3.63, 3.8) is 0 Å². The molecule has 0 aliphatic carbocycles. The molecule has 1 rings (SSSR count). The van der Waals surface area contributed by atoms with E-state index in [1.54, 1.807) is 26.8 Å². The summed E-state index contributed by atoms with van der Waals surface area (Å²) >= 11 is 0. The van der Waals surface area contributed by atoms with Crippen LogP contribution in [0.3, 0.4) is 0 Å². The molecule has 1 aromatic rings. The number of ether oxygens (including phenoxy) is 1. The van der Waals surface area contributed by atoms with Crippen molar-refractivity contribution in [3.05, 3.63) is 23.3 Å². The molecule has 0 bridgehead atoms. The lowest BCUT2D eigenvalue weighted by Gasteiger charge is -2.19. The predicted octanol–water partition coefficient (Wildman–Crippen LogP) is 2.35. The maximum Gasteiger partial charge on any atom is 0.408 e. The van der Waals surface area contributed by atoms with Gasteiger partial charge in [-0.05, 0) is 51.8 Å². The Kier molecular flexibility index (Phi) is 5.18. The fourth-order valence-electron chi connectivity index (χ4n) is 1.66. The lowest BCUT2D eigenvalue weighted by molar-refractivity contribution is -0.115. The molecule has 21 heavy (non-hydrogen) atoms. The van der Waals surface area contributed by atoms with Crippen LogP contribution in [0.4, 0.5) is 16.2 Å². The Labute approximate surface area is 125 Å². The second-order valence-electron chi connectivity index (χ2n) is 5.93. The van der Waals surface area contributed by atoms with Crippen LogP contribution < -0.4 is 16.4 Å². The van der Waals surface area contributed by atoms with Crippen LogP contribution in [-0.2, 0) is 9.53 Å². The quantitative estimate of drug-likeness (QED) is 0.746. The Morgan fingerprint density at radius 3 is 2.38 bits per heavy atom. The SMILES string of the molecule is Cc1cc(C)c(NC(=O)CNC(=O)OC(C)(C)C)cc1N. The highest BCUT2D eigenvalue weighted by Gasteiger charge is 2.16. The fourth-order valence-corrected chi connectivity index (χ4v) is 1.66. The third-order valence-corrected chi connectivity index (χ3v) is 2.68. The molecule has 6 nitrogen and oxygen atoms in total. The second-order valence-corrected chi connectivity index (χ2v) is 5.93. The van der Waals surface area contributed by atoms with Crippen LogP contribution in [0.1, 0.15) is 31.9 Å². The summed E-state index contributed by atoms with van der Waals surface area (Å²) in [5.41, 5.74) is 8.33. The minimum absolute atomic E-state index is 0.165. The van der Waals surface area contributed by atoms with Gasteiger partial charge in [-0.1, -0.05) is 6.07 Å². The maximum absolute atomic E-state index is 11.8. The summed E-state index contributed by atoms with van der Waals surface area (Å²) in [4.78, 5) is 23.3. The van der Waals surface area contributed by atoms with Crippen LogP contribution in [0, 0.1) is 13.8 Å². The number of nitrogens with one attached hydrogen (secondary N) is 2. The van der Waals surface area contributed by atoms with E-state index in [1.807, 2.05) is 19.9 Å². The number of carbonyl (C=O) groups excluding carboxylic acids is 2. The van der Waals surface area contributed by atoms with Crippen molar-refractivity contribution in [2.75, 3.05) is 17.6 Å². The Balaban J connectivity index is 2.55. The van der Waals surface area contributed by atoms with E-state index in [2.05, 4.69) is 10.6 Å². The van der Waals surface area contributed by atoms with E-state index in [4.69, 9.17) is 10.5 Å². The number of benzene rings is 1. The molecule has 0 heterocycles. The molecule has 0 unspecified atom stereocenters. The van der Waals surface area contributed by atoms with E-state index in [0.29, 0.717) is 11.4 Å². The van der Waals surface area contributed by atoms with Gasteiger partial charge in [0.2, 0.25) is 5.91 Å². The number of alkyl carbamates (subject to hydrolysis) is 1. The van der Waals surface area contributed by atoms with Crippen LogP contribution >= 0.6 is 0 Å². The third kappa shape index (κ3) is 5.72. The topological polar surface area (TPSA) is 93.5 Å². The van der Waals surface area contributed by atoms with Gasteiger partial charge in [0, 0.05) is 11.4 Å². The van der Waals surface area contributed by atoms with E-state index in [0.717, 1.165) is 11.1 Å². The first-order chi connectivity index (χ1) is 9.58. The third-order valence-electron chi connectivity index (χ3n) is 2.68. The number of carbonyl (C=O) groups is 2. The Morgan fingerprint density at radius 2 is 1.81 bits per heavy atom. The predicted molar refractivity (Wildman–Crippen MR) is 83.2 cm³/mol. The maximum atomic E-state index is 11.8. The summed E-state index contributed by atoms with van der Waals surface area (Å²) in [5, 5.41) is 5.11. The summed E-state index contributed by atoms with van der Waals surface area (Å²) in [7, 11) is 0. The average Bonchev–Trinajstić information content (AvgIpc) is 2.31. The molecule has 0 aromatic heterocycles. The van der Waals surface area contributed by atoms with Crippen molar-refractivity contribution in [3.8, 4) is 0 Å². The standard InChI is InChI=1S/C15H23N3O3/c1-9-6-10(2)12(7-11(9)16)18-13(19)8-17-14(20)21-15(3,4)5/h6-7H,8,16H2,1-5H3,(H,17,20)(H,18,19). The Morgan fingerprint density at radius 1 is 1.19 bits per heavy atom. The minimum Gasteiger partial charge on any atom is -0.444 e. The van der Waals surface area contributed by atoms with Gasteiger partial charge in [0.1, 0.15) is 12.1 Å². The van der Waals surface area contributed by atoms with Crippen molar-refractivity contribution in [2.24, 2.45) is 0 Å². The number of rotatable bonds is 3. The van der Waals surface area contributed by atoms with Crippen LogP contribution in [-0.4, -0.2) is 24.1 Å². The van der Waals surface area contributed by atoms with Crippen molar-refractivity contribution < 1.29 is 14.3 Å². The number of nitrogens with two attached hydrogens (primary N) is 1. The van der Waals surface area contributed by atoms with Gasteiger partial charge in [0.15, 0.2) is 0 Å². The molecular formula is C15H23N3O3. The van der Waals surface area contributed by atoms with Gasteiger partial charge in [-0.15, -0.1) is 0 Å². The fraction of sp³-hybridized carbons (Fsp3) is 0.467. The minimum atomic E-state index is -0.627. The highest BCUT2D eigenvalue weighted by atomic mass is 16.6. The molecule has 0 aliphatic rings. The molecule has 0 saturated heterocycles. The number of hydrogen-bond donors (Lipinski definition) is 3. The normalized spacial score (nSPS) is 10.9. The smallest absolute Gasteiger partial charge is 0.408 e. The zero-order chi connectivity index (χ0) is 16.2. The lowest BCUT2D eigenvalue weighted by Crippen LogP contribution is -2.37. The zero-order valence-electron chi connectivity index (χ0n) is 13.2. The van der Waals surface area contributed by atoms with E-state index in [9.17, 15) is 9.59 Å². The Bertz CT molecular complexity index is 548. The van der Waals surface area contributed by atoms with Gasteiger partial charge in [-0.2, -0.15) is 0 Å². The van der Waals surface area contributed by atoms with Crippen molar-refractivity contribution in [1.29, 1.82) is 0 Å². The summed E-state index contributed by atoms with van der Waals surface area (Å²) in [5.74, 6) is -0.341. The first-order valence-corrected chi connectivity index (χ1v) is 6.72. The van der Waals surface area contributed by atoms with Gasteiger partial charge in [0.25, 0.3) is 0 Å². The number of hydrogen-bond acceptors (Lipinski definition) is 4. The molecule has 0 fully saturated rings. The number of aryl methyl sites for hydroxylation is 2. The van der Waals surface area contributed by atoms with Crippen LogP contribution in [0.25, 0.3) is 0 Å². The van der Waals surface area contributed by atoms with Gasteiger partial charge >= 0.3 is 6.09 Å². The Hall–Kier alpha value is -2.24. The highest BCUT2D eigenvalue weighted by molar-refractivity contribution is 5.95. The molecule has 0 saturated carbocycles. The van der Waals surface area contributed by atoms with Crippen LogP contribution in [0.2, 0.25) is 0 Å². The number of nitrogen functional groups attached to an aromatic ring is 1. The molecule has 0 atom stereocenters. The molecule has 2 amide bonds. The van der Waals surface area contributed by atoms with Gasteiger partial charge in [0.05, 0.1) is 0 Å². The summed E-state index contributed by atoms with van der Waals surface area (Å²) < 4.78 is 5.05. The van der Waals surface area contributed by atoms with E-state index in [1.165, 1.54) is 0 Å². The molecule has 1 aromatic carbocycles. The zero-order valence-corrected chi connectivity index (χ0v) is 13.2. The second kappa shape index (κ2) is 6.47. The molecule has 0 aliphatic heterocycles. The van der Waals surface area contributed by atoms with E-state index >= 15 is 0 Å². The first kappa shape index (κ1) is 16.8. The van der Waals surface area contributed by atoms with Crippen molar-refractivity contribution >= 4 is 23.4 Å². The molecule has 0 radical (unpaired) electrons. The van der Waals surface area contributed by atoms with Gasteiger partial charge in [-0.3, -0.25) is 4.79 Å². The summed E-state index contributed by atoms with van der Waals surface area (Å²) in [6.07, 6.45) is -0.627. The number of amides is 2. The molecule has 6 heteroatoms. The molecule has 0 spiro atoms. The lowest BCUT2D eigenvalue weighted by atomic mass is 10.1. The van der Waals surface area contributed by atoms with Crippen LogP contribution in [0.5, 0.6) is 0 Å². The average molecular weight is 293 g/mol. The first-order valence-electron chi connectivity index (χ1n) is 6.72. The highest BCUT2D eigenvalue weighted by Crippen LogP contribution is 2.22. The van der Waals surface area contributed by atoms with Crippen LogP contribution in [0.15, 0.2) is 12.1 Å². The van der Waals surface area contributed by atoms with Crippen molar-refractivity contribution in [1.82, 2.24) is 5.32 Å². The molecular weight excluding hydrogens is 270 g/mol. The van der Waals surface area contributed by atoms with E-state index in [-0.39, 0.29) is 12.5 Å². The summed E-state index contributed by atoms with van der Waals surface area (Å²) in [6.45, 7) is 8.88. The number of anilines is 2. The summed E-state index contributed by atoms with van der Waals surface area (Å²) in [6, 6.07) is 3.60. The molecule has 4 N–H and O–H groups in total.